The smallest absolute Gasteiger partial charge is 0.123 e. The third-order valence-corrected chi connectivity index (χ3v) is 4.07. The zero-order valence-electron chi connectivity index (χ0n) is 9.99. The lowest BCUT2D eigenvalue weighted by Gasteiger charge is -2.38. The predicted molar refractivity (Wildman–Crippen MR) is 64.6 cm³/mol. The summed E-state index contributed by atoms with van der Waals surface area (Å²) in [6.45, 7) is 5.15. The van der Waals surface area contributed by atoms with Crippen LogP contribution in [0.1, 0.15) is 32.3 Å². The molecule has 2 aliphatic rings. The van der Waals surface area contributed by atoms with E-state index in [1.807, 2.05) is 6.07 Å². The molecule has 1 fully saturated rings. The molecule has 2 heteroatoms. The van der Waals surface area contributed by atoms with Crippen LogP contribution in [0.4, 0.5) is 0 Å². The molecular weight excluding hydrogens is 198 g/mol. The van der Waals surface area contributed by atoms with Gasteiger partial charge in [0.05, 0.1) is 0 Å². The van der Waals surface area contributed by atoms with E-state index in [-0.39, 0.29) is 5.60 Å². The summed E-state index contributed by atoms with van der Waals surface area (Å²) in [5.74, 6) is 1.71. The fourth-order valence-corrected chi connectivity index (χ4v) is 3.39. The number of ether oxygens (including phenoxy) is 1. The van der Waals surface area contributed by atoms with Crippen molar-refractivity contribution in [3.8, 4) is 5.75 Å². The summed E-state index contributed by atoms with van der Waals surface area (Å²) in [5.41, 5.74) is 7.48. The van der Waals surface area contributed by atoms with Crippen LogP contribution in [0.2, 0.25) is 0 Å². The quantitative estimate of drug-likeness (QED) is 0.784. The largest absolute Gasteiger partial charge is 0.488 e. The molecule has 0 aromatic heterocycles. The van der Waals surface area contributed by atoms with Gasteiger partial charge in [-0.15, -0.1) is 0 Å². The van der Waals surface area contributed by atoms with Crippen LogP contribution in [0.15, 0.2) is 24.3 Å². The van der Waals surface area contributed by atoms with Gasteiger partial charge < -0.3 is 10.5 Å². The molecule has 0 amide bonds. The van der Waals surface area contributed by atoms with Gasteiger partial charge in [0.2, 0.25) is 0 Å². The molecular formula is C14H19NO. The highest BCUT2D eigenvalue weighted by Crippen LogP contribution is 2.62. The Hall–Kier alpha value is -1.02. The van der Waals surface area contributed by atoms with Crippen LogP contribution in [0.3, 0.4) is 0 Å². The summed E-state index contributed by atoms with van der Waals surface area (Å²) in [7, 11) is 0. The molecule has 0 radical (unpaired) electrons. The van der Waals surface area contributed by atoms with Gasteiger partial charge in [-0.3, -0.25) is 0 Å². The number of benzene rings is 1. The highest BCUT2D eigenvalue weighted by atomic mass is 16.5. The molecule has 1 saturated carbocycles. The predicted octanol–water partition coefficient (Wildman–Crippen LogP) is 2.46. The van der Waals surface area contributed by atoms with E-state index in [0.717, 1.165) is 18.7 Å². The van der Waals surface area contributed by atoms with E-state index in [1.165, 1.54) is 12.0 Å². The van der Waals surface area contributed by atoms with Crippen molar-refractivity contribution >= 4 is 0 Å². The van der Waals surface area contributed by atoms with E-state index in [1.54, 1.807) is 0 Å². The minimum atomic E-state index is -0.0573. The van der Waals surface area contributed by atoms with Crippen molar-refractivity contribution in [1.29, 1.82) is 0 Å². The van der Waals surface area contributed by atoms with Crippen LogP contribution in [0, 0.1) is 5.92 Å². The molecule has 86 valence electrons. The monoisotopic (exact) mass is 217 g/mol. The third-order valence-electron chi connectivity index (χ3n) is 4.07. The van der Waals surface area contributed by atoms with Crippen molar-refractivity contribution in [3.05, 3.63) is 29.8 Å². The van der Waals surface area contributed by atoms with Crippen LogP contribution in [0.25, 0.3) is 0 Å². The Kier molecular flexibility index (Phi) is 1.91. The maximum atomic E-state index is 6.05. The highest BCUT2D eigenvalue weighted by Gasteiger charge is 2.59. The van der Waals surface area contributed by atoms with Crippen LogP contribution in [-0.4, -0.2) is 12.1 Å². The lowest BCUT2D eigenvalue weighted by atomic mass is 9.80. The molecule has 1 aromatic carbocycles. The molecule has 0 bridgehead atoms. The van der Waals surface area contributed by atoms with Crippen molar-refractivity contribution in [2.24, 2.45) is 11.7 Å². The summed E-state index contributed by atoms with van der Waals surface area (Å²) < 4.78 is 6.05. The van der Waals surface area contributed by atoms with E-state index in [0.29, 0.717) is 11.3 Å². The van der Waals surface area contributed by atoms with Crippen LogP contribution < -0.4 is 10.5 Å². The first-order valence-corrected chi connectivity index (χ1v) is 6.06. The molecule has 2 N–H and O–H groups in total. The summed E-state index contributed by atoms with van der Waals surface area (Å²) in [6, 6.07) is 8.45. The van der Waals surface area contributed by atoms with Crippen molar-refractivity contribution in [3.63, 3.8) is 0 Å². The Bertz CT molecular complexity index is 426. The molecule has 2 nitrogen and oxygen atoms in total. The van der Waals surface area contributed by atoms with Crippen LogP contribution in [0.5, 0.6) is 5.75 Å². The second-order valence-corrected chi connectivity index (χ2v) is 5.83. The van der Waals surface area contributed by atoms with Gasteiger partial charge in [-0.2, -0.15) is 0 Å². The lowest BCUT2D eigenvalue weighted by molar-refractivity contribution is 0.0641. The molecule has 16 heavy (non-hydrogen) atoms. The molecule has 2 unspecified atom stereocenters. The zero-order chi connectivity index (χ0) is 11.4. The second kappa shape index (κ2) is 3.01. The Morgan fingerprint density at radius 3 is 2.81 bits per heavy atom. The molecule has 1 aromatic rings. The van der Waals surface area contributed by atoms with Gasteiger partial charge in [0.1, 0.15) is 11.4 Å². The minimum absolute atomic E-state index is 0.0573. The number of hydrogen-bond donors (Lipinski definition) is 1. The first-order valence-electron chi connectivity index (χ1n) is 6.06. The van der Waals surface area contributed by atoms with Gasteiger partial charge in [0.25, 0.3) is 0 Å². The number of rotatable bonds is 1. The van der Waals surface area contributed by atoms with Crippen molar-refractivity contribution in [2.45, 2.75) is 37.7 Å². The third kappa shape index (κ3) is 1.29. The molecule has 1 aliphatic heterocycles. The topological polar surface area (TPSA) is 35.2 Å². The fourth-order valence-electron chi connectivity index (χ4n) is 3.39. The number of hydrogen-bond acceptors (Lipinski definition) is 2. The number of para-hydroxylation sites is 1. The maximum Gasteiger partial charge on any atom is 0.123 e. The Morgan fingerprint density at radius 2 is 2.12 bits per heavy atom. The van der Waals surface area contributed by atoms with E-state index in [2.05, 4.69) is 32.0 Å². The summed E-state index contributed by atoms with van der Waals surface area (Å²) >= 11 is 0. The normalized spacial score (nSPS) is 34.3. The first-order chi connectivity index (χ1) is 7.57. The molecule has 2 atom stereocenters. The van der Waals surface area contributed by atoms with Gasteiger partial charge >= 0.3 is 0 Å². The van der Waals surface area contributed by atoms with Crippen molar-refractivity contribution in [2.75, 3.05) is 6.54 Å². The van der Waals surface area contributed by atoms with Crippen LogP contribution in [-0.2, 0) is 5.41 Å². The minimum Gasteiger partial charge on any atom is -0.488 e. The zero-order valence-corrected chi connectivity index (χ0v) is 9.99. The number of nitrogens with two attached hydrogens (primary N) is 1. The molecule has 3 rings (SSSR count). The molecule has 1 aliphatic carbocycles. The molecule has 0 saturated heterocycles. The molecule has 1 spiro atoms. The fraction of sp³-hybridized carbons (Fsp3) is 0.571. The van der Waals surface area contributed by atoms with Crippen molar-refractivity contribution in [1.82, 2.24) is 0 Å². The Labute approximate surface area is 96.8 Å². The maximum absolute atomic E-state index is 6.05. The van der Waals surface area contributed by atoms with Crippen LogP contribution >= 0.6 is 0 Å². The van der Waals surface area contributed by atoms with Gasteiger partial charge in [-0.05, 0) is 45.2 Å². The highest BCUT2D eigenvalue weighted by molar-refractivity contribution is 5.47. The van der Waals surface area contributed by atoms with Gasteiger partial charge in [0, 0.05) is 11.0 Å². The Balaban J connectivity index is 2.08. The second-order valence-electron chi connectivity index (χ2n) is 5.83. The SMILES string of the molecule is CC1(C)CC2(CC2CN)c2ccccc2O1. The average molecular weight is 217 g/mol. The Morgan fingerprint density at radius 1 is 1.38 bits per heavy atom. The van der Waals surface area contributed by atoms with E-state index in [4.69, 9.17) is 10.5 Å². The molecule has 1 heterocycles. The standard InChI is InChI=1S/C14H19NO/c1-13(2)9-14(7-10(14)8-15)11-5-3-4-6-12(11)16-13/h3-6,10H,7-9,15H2,1-2H3. The summed E-state index contributed by atoms with van der Waals surface area (Å²) in [5, 5.41) is 0. The van der Waals surface area contributed by atoms with E-state index >= 15 is 0 Å². The summed E-state index contributed by atoms with van der Waals surface area (Å²) in [6.07, 6.45) is 2.33. The van der Waals surface area contributed by atoms with Crippen molar-refractivity contribution < 1.29 is 4.74 Å². The lowest BCUT2D eigenvalue weighted by Crippen LogP contribution is -2.39. The van der Waals surface area contributed by atoms with Gasteiger partial charge in [0.15, 0.2) is 0 Å². The van der Waals surface area contributed by atoms with E-state index < -0.39 is 0 Å². The van der Waals surface area contributed by atoms with E-state index in [9.17, 15) is 0 Å². The van der Waals surface area contributed by atoms with Gasteiger partial charge in [-0.1, -0.05) is 18.2 Å². The summed E-state index contributed by atoms with van der Waals surface area (Å²) in [4.78, 5) is 0. The average Bonchev–Trinajstić information content (AvgIpc) is 2.90. The first kappa shape index (κ1) is 10.2. The van der Waals surface area contributed by atoms with Gasteiger partial charge in [-0.25, -0.2) is 0 Å². The number of fused-ring (bicyclic) bond motifs is 2.